The zero-order valence-corrected chi connectivity index (χ0v) is 25.6. The van der Waals surface area contributed by atoms with Crippen LogP contribution < -0.4 is 0 Å². The summed E-state index contributed by atoms with van der Waals surface area (Å²) in [6.07, 6.45) is 3.29. The van der Waals surface area contributed by atoms with Crippen LogP contribution in [0.5, 0.6) is 0 Å². The fraction of sp³-hybridized carbons (Fsp3) is 0.0606. The summed E-state index contributed by atoms with van der Waals surface area (Å²) in [6.45, 7) is 3.94. The van der Waals surface area contributed by atoms with Crippen LogP contribution in [-0.4, -0.2) is 41.0 Å². The van der Waals surface area contributed by atoms with Crippen LogP contribution in [-0.2, 0) is 14.3 Å². The van der Waals surface area contributed by atoms with Gasteiger partial charge in [-0.25, -0.2) is 4.79 Å². The third kappa shape index (κ3) is 4.95. The summed E-state index contributed by atoms with van der Waals surface area (Å²) in [6, 6.07) is 27.9. The van der Waals surface area contributed by atoms with E-state index in [1.807, 2.05) is 48.5 Å². The van der Waals surface area contributed by atoms with E-state index in [1.165, 1.54) is 12.0 Å². The molecular weight excluding hydrogens is 662 g/mol. The first-order valence-electron chi connectivity index (χ1n) is 13.0. The van der Waals surface area contributed by atoms with E-state index in [2.05, 4.69) is 72.3 Å². The molecule has 1 aliphatic rings. The number of esters is 1. The third-order valence-corrected chi connectivity index (χ3v) is 7.91. The number of carbonyl (C=O) groups excluding carboxylic acids is 2. The molecule has 1 saturated heterocycles. The van der Waals surface area contributed by atoms with Crippen LogP contribution in [0.4, 0.5) is 5.69 Å². The Labute approximate surface area is 258 Å². The highest BCUT2D eigenvalue weighted by Gasteiger charge is 2.35. The van der Waals surface area contributed by atoms with Crippen molar-refractivity contribution >= 4 is 83.3 Å². The Hall–Kier alpha value is -4.47. The number of halogens is 2. The minimum atomic E-state index is -0.574. The molecule has 2 heterocycles. The predicted octanol–water partition coefficient (Wildman–Crippen LogP) is 8.17. The summed E-state index contributed by atoms with van der Waals surface area (Å²) >= 11 is 6.86. The topological polar surface area (TPSA) is 73.1 Å². The lowest BCUT2D eigenvalue weighted by Gasteiger charge is -2.12. The largest absolute Gasteiger partial charge is 0.465 e. The monoisotopic (exact) mass is 683 g/mol. The van der Waals surface area contributed by atoms with Gasteiger partial charge in [0.2, 0.25) is 0 Å². The van der Waals surface area contributed by atoms with E-state index in [1.54, 1.807) is 24.3 Å². The molecular formula is C33H23Br2N3O4. The minimum Gasteiger partial charge on any atom is -0.465 e. The number of fused-ring (bicyclic) bond motifs is 3. The fourth-order valence-corrected chi connectivity index (χ4v) is 6.32. The molecule has 4 aromatic carbocycles. The SMILES string of the molecule is C=CCN1C(=O)/C(=C\c2ccc3c(c2)c2ccccc2n3-c2ccccc2)OC1=Nc1c(Br)cc(Br)cc1C(=O)OC. The Morgan fingerprint density at radius 1 is 0.976 bits per heavy atom. The van der Waals surface area contributed by atoms with E-state index >= 15 is 0 Å². The number of rotatable bonds is 6. The molecule has 0 bridgehead atoms. The second-order valence-electron chi connectivity index (χ2n) is 9.45. The average molecular weight is 685 g/mol. The van der Waals surface area contributed by atoms with Gasteiger partial charge in [-0.3, -0.25) is 9.69 Å². The van der Waals surface area contributed by atoms with E-state index in [9.17, 15) is 9.59 Å². The number of carbonyl (C=O) groups is 2. The number of benzene rings is 4. The van der Waals surface area contributed by atoms with Crippen molar-refractivity contribution in [2.45, 2.75) is 0 Å². The van der Waals surface area contributed by atoms with Gasteiger partial charge in [0, 0.05) is 32.0 Å². The van der Waals surface area contributed by atoms with Crippen LogP contribution in [0.1, 0.15) is 15.9 Å². The minimum absolute atomic E-state index is 0.0288. The van der Waals surface area contributed by atoms with Crippen molar-refractivity contribution in [1.82, 2.24) is 9.47 Å². The van der Waals surface area contributed by atoms with Gasteiger partial charge in [-0.15, -0.1) is 6.58 Å². The number of ether oxygens (including phenoxy) is 2. The normalized spacial score (nSPS) is 15.1. The van der Waals surface area contributed by atoms with Gasteiger partial charge in [0.05, 0.1) is 29.4 Å². The summed E-state index contributed by atoms with van der Waals surface area (Å²) in [4.78, 5) is 31.9. The van der Waals surface area contributed by atoms with Crippen molar-refractivity contribution in [3.05, 3.63) is 123 Å². The van der Waals surface area contributed by atoms with Crippen molar-refractivity contribution in [3.8, 4) is 5.69 Å². The average Bonchev–Trinajstić information content (AvgIpc) is 3.48. The summed E-state index contributed by atoms with van der Waals surface area (Å²) in [7, 11) is 1.29. The van der Waals surface area contributed by atoms with Crippen LogP contribution in [0, 0.1) is 0 Å². The Morgan fingerprint density at radius 2 is 1.71 bits per heavy atom. The molecule has 7 nitrogen and oxygen atoms in total. The molecule has 0 aliphatic carbocycles. The summed E-state index contributed by atoms with van der Waals surface area (Å²) in [5, 5.41) is 2.15. The maximum atomic E-state index is 13.5. The number of hydrogen-bond acceptors (Lipinski definition) is 5. The smallest absolute Gasteiger partial charge is 0.340 e. The third-order valence-electron chi connectivity index (χ3n) is 6.85. The predicted molar refractivity (Wildman–Crippen MR) is 172 cm³/mol. The highest BCUT2D eigenvalue weighted by atomic mass is 79.9. The highest BCUT2D eigenvalue weighted by Crippen LogP contribution is 2.36. The standard InChI is InChI=1S/C33H23Br2N3O4/c1-3-15-37-31(39)29(42-33(37)36-30-25(32(40)41-2)18-21(34)19-26(30)35)17-20-13-14-28-24(16-20)23-11-7-8-12-27(23)38(28)22-9-5-4-6-10-22/h3-14,16-19H,1,15H2,2H3/b29-17+,36-33?. The van der Waals surface area contributed by atoms with Gasteiger partial charge in [-0.1, -0.05) is 64.5 Å². The Balaban J connectivity index is 1.44. The zero-order chi connectivity index (χ0) is 29.4. The Morgan fingerprint density at radius 3 is 2.48 bits per heavy atom. The fourth-order valence-electron chi connectivity index (χ4n) is 5.01. The van der Waals surface area contributed by atoms with E-state index in [0.29, 0.717) is 8.95 Å². The Bertz CT molecular complexity index is 1960. The molecule has 42 heavy (non-hydrogen) atoms. The lowest BCUT2D eigenvalue weighted by molar-refractivity contribution is -0.122. The molecule has 208 valence electrons. The number of para-hydroxylation sites is 2. The molecule has 0 spiro atoms. The van der Waals surface area contributed by atoms with Crippen molar-refractivity contribution < 1.29 is 19.1 Å². The second kappa shape index (κ2) is 11.4. The van der Waals surface area contributed by atoms with E-state index in [0.717, 1.165) is 33.1 Å². The number of nitrogens with zero attached hydrogens (tertiary/aromatic N) is 3. The lowest BCUT2D eigenvalue weighted by Crippen LogP contribution is -2.29. The van der Waals surface area contributed by atoms with Crippen molar-refractivity contribution in [2.24, 2.45) is 4.99 Å². The van der Waals surface area contributed by atoms with Crippen LogP contribution in [0.2, 0.25) is 0 Å². The molecule has 1 fully saturated rings. The molecule has 0 unspecified atom stereocenters. The van der Waals surface area contributed by atoms with Gasteiger partial charge in [0.15, 0.2) is 5.76 Å². The first kappa shape index (κ1) is 27.7. The van der Waals surface area contributed by atoms with Crippen LogP contribution in [0.25, 0.3) is 33.6 Å². The number of hydrogen-bond donors (Lipinski definition) is 0. The van der Waals surface area contributed by atoms with Crippen molar-refractivity contribution in [1.29, 1.82) is 0 Å². The Kier molecular flexibility index (Phi) is 7.53. The number of amidine groups is 1. The maximum Gasteiger partial charge on any atom is 0.340 e. The molecule has 0 saturated carbocycles. The molecule has 1 aliphatic heterocycles. The quantitative estimate of drug-likeness (QED) is 0.103. The van der Waals surface area contributed by atoms with E-state index in [4.69, 9.17) is 9.47 Å². The maximum absolute atomic E-state index is 13.5. The van der Waals surface area contributed by atoms with Gasteiger partial charge in [-0.05, 0) is 70.0 Å². The van der Waals surface area contributed by atoms with E-state index < -0.39 is 5.97 Å². The molecule has 9 heteroatoms. The highest BCUT2D eigenvalue weighted by molar-refractivity contribution is 9.11. The number of amides is 1. The van der Waals surface area contributed by atoms with Crippen LogP contribution in [0.3, 0.4) is 0 Å². The molecule has 1 aromatic heterocycles. The molecule has 5 aromatic rings. The van der Waals surface area contributed by atoms with Crippen LogP contribution >= 0.6 is 31.9 Å². The molecule has 0 N–H and O–H groups in total. The molecule has 0 radical (unpaired) electrons. The zero-order valence-electron chi connectivity index (χ0n) is 22.4. The molecule has 1 amide bonds. The summed E-state index contributed by atoms with van der Waals surface area (Å²) in [5.74, 6) is -0.836. The first-order valence-corrected chi connectivity index (χ1v) is 14.5. The van der Waals surface area contributed by atoms with Gasteiger partial charge >= 0.3 is 12.0 Å². The lowest BCUT2D eigenvalue weighted by atomic mass is 10.1. The van der Waals surface area contributed by atoms with E-state index in [-0.39, 0.29) is 35.5 Å². The van der Waals surface area contributed by atoms with Gasteiger partial charge in [-0.2, -0.15) is 4.99 Å². The first-order chi connectivity index (χ1) is 20.4. The molecule has 0 atom stereocenters. The number of methoxy groups -OCH3 is 1. The molecule has 6 rings (SSSR count). The summed E-state index contributed by atoms with van der Waals surface area (Å²) < 4.78 is 14.4. The number of aromatic nitrogens is 1. The summed E-state index contributed by atoms with van der Waals surface area (Å²) in [5.41, 5.74) is 4.48. The van der Waals surface area contributed by atoms with Gasteiger partial charge in [0.1, 0.15) is 0 Å². The van der Waals surface area contributed by atoms with Gasteiger partial charge < -0.3 is 14.0 Å². The number of aliphatic imine (C=N–C) groups is 1. The second-order valence-corrected chi connectivity index (χ2v) is 11.2. The van der Waals surface area contributed by atoms with Gasteiger partial charge in [0.25, 0.3) is 5.91 Å². The van der Waals surface area contributed by atoms with Crippen molar-refractivity contribution in [2.75, 3.05) is 13.7 Å². The van der Waals surface area contributed by atoms with Crippen molar-refractivity contribution in [3.63, 3.8) is 0 Å². The van der Waals surface area contributed by atoms with Crippen LogP contribution in [0.15, 0.2) is 117 Å².